The van der Waals surface area contributed by atoms with Crippen molar-refractivity contribution in [3.8, 4) is 11.5 Å². The summed E-state index contributed by atoms with van der Waals surface area (Å²) < 4.78 is 13.5. The van der Waals surface area contributed by atoms with E-state index in [2.05, 4.69) is 28.6 Å². The molecule has 186 valence electrons. The summed E-state index contributed by atoms with van der Waals surface area (Å²) >= 11 is 0. The third-order valence-corrected chi connectivity index (χ3v) is 6.12. The highest BCUT2D eigenvalue weighted by Crippen LogP contribution is 2.23. The average Bonchev–Trinajstić information content (AvgIpc) is 3.28. The van der Waals surface area contributed by atoms with Gasteiger partial charge in [0.15, 0.2) is 0 Å². The van der Waals surface area contributed by atoms with Crippen molar-refractivity contribution < 1.29 is 14.3 Å². The predicted octanol–water partition coefficient (Wildman–Crippen LogP) is 6.12. The molecule has 1 heterocycles. The Morgan fingerprint density at radius 3 is 2.72 bits per heavy atom. The summed E-state index contributed by atoms with van der Waals surface area (Å²) in [7, 11) is 1.59. The number of carbonyl (C=O) groups is 1. The van der Waals surface area contributed by atoms with E-state index in [-0.39, 0.29) is 11.9 Å². The Balaban J connectivity index is 1.42. The van der Waals surface area contributed by atoms with Crippen LogP contribution in [0.4, 0.5) is 0 Å². The average molecular weight is 484 g/mol. The molecule has 6 nitrogen and oxygen atoms in total. The minimum absolute atomic E-state index is 0.161. The number of carbonyl (C=O) groups excluding carboxylic acids is 1. The van der Waals surface area contributed by atoms with Gasteiger partial charge in [0.2, 0.25) is 0 Å². The van der Waals surface area contributed by atoms with Gasteiger partial charge in [0, 0.05) is 12.1 Å². The van der Waals surface area contributed by atoms with Crippen LogP contribution in [0.15, 0.2) is 85.5 Å². The number of nitrogens with one attached hydrogen (secondary N) is 1. The van der Waals surface area contributed by atoms with Crippen molar-refractivity contribution in [1.29, 1.82) is 0 Å². The highest BCUT2D eigenvalue weighted by molar-refractivity contribution is 5.94. The van der Waals surface area contributed by atoms with E-state index in [1.807, 2.05) is 61.5 Å². The van der Waals surface area contributed by atoms with Gasteiger partial charge in [-0.05, 0) is 68.1 Å². The van der Waals surface area contributed by atoms with E-state index in [0.29, 0.717) is 17.9 Å². The maximum atomic E-state index is 12.9. The number of allylic oxidation sites excluding steroid dienone is 1. The minimum Gasteiger partial charge on any atom is -0.497 e. The molecule has 0 aliphatic carbocycles. The lowest BCUT2D eigenvalue weighted by atomic mass is 10.1. The van der Waals surface area contributed by atoms with Crippen LogP contribution in [0.2, 0.25) is 0 Å². The molecule has 1 aromatic heterocycles. The second kappa shape index (κ2) is 12.1. The zero-order chi connectivity index (χ0) is 25.3. The lowest BCUT2D eigenvalue weighted by molar-refractivity contribution is 0.0937. The molecule has 1 unspecified atom stereocenters. The maximum Gasteiger partial charge on any atom is 0.251 e. The van der Waals surface area contributed by atoms with Crippen LogP contribution < -0.4 is 14.8 Å². The molecule has 0 aliphatic heterocycles. The van der Waals surface area contributed by atoms with Gasteiger partial charge in [-0.25, -0.2) is 4.98 Å². The van der Waals surface area contributed by atoms with Gasteiger partial charge in [-0.15, -0.1) is 6.58 Å². The molecule has 4 aromatic rings. The van der Waals surface area contributed by atoms with Gasteiger partial charge in [-0.3, -0.25) is 4.79 Å². The normalized spacial score (nSPS) is 11.7. The molecule has 0 saturated carbocycles. The van der Waals surface area contributed by atoms with Crippen LogP contribution in [0.25, 0.3) is 11.0 Å². The molecule has 0 spiro atoms. The molecule has 4 rings (SSSR count). The number of para-hydroxylation sites is 3. The smallest absolute Gasteiger partial charge is 0.251 e. The number of unbranched alkanes of at least 4 members (excludes halogenated alkanes) is 1. The zero-order valence-electron chi connectivity index (χ0n) is 20.9. The maximum absolute atomic E-state index is 12.9. The van der Waals surface area contributed by atoms with Gasteiger partial charge in [-0.1, -0.05) is 42.5 Å². The van der Waals surface area contributed by atoms with Gasteiger partial charge in [0.1, 0.15) is 17.3 Å². The minimum atomic E-state index is -0.266. The van der Waals surface area contributed by atoms with E-state index in [0.717, 1.165) is 54.0 Å². The second-order valence-electron chi connectivity index (χ2n) is 8.69. The fraction of sp³-hybridized carbons (Fsp3) is 0.267. The molecule has 0 fully saturated rings. The summed E-state index contributed by atoms with van der Waals surface area (Å²) in [6, 6.07) is 23.1. The highest BCUT2D eigenvalue weighted by atomic mass is 16.5. The standard InChI is InChI=1S/C30H33N3O3/c1-4-12-23-13-5-8-18-28(23)36-20-10-9-19-33-27-17-7-6-16-26(27)32-29(33)22(2)31-30(34)24-14-11-15-25(21-24)35-3/h4-8,11,13-18,21-22H,1,9-10,12,19-20H2,2-3H3,(H,31,34). The Kier molecular flexibility index (Phi) is 8.40. The van der Waals surface area contributed by atoms with Crippen LogP contribution in [-0.2, 0) is 13.0 Å². The van der Waals surface area contributed by atoms with Gasteiger partial charge in [-0.2, -0.15) is 0 Å². The van der Waals surface area contributed by atoms with Crippen molar-refractivity contribution in [2.45, 2.75) is 38.8 Å². The second-order valence-corrected chi connectivity index (χ2v) is 8.69. The number of aromatic nitrogens is 2. The first-order valence-electron chi connectivity index (χ1n) is 12.3. The van der Waals surface area contributed by atoms with Crippen LogP contribution in [-0.4, -0.2) is 29.2 Å². The van der Waals surface area contributed by atoms with Gasteiger partial charge in [0.25, 0.3) is 5.91 Å². The Morgan fingerprint density at radius 1 is 1.08 bits per heavy atom. The first-order chi connectivity index (χ1) is 17.6. The molecule has 1 amide bonds. The van der Waals surface area contributed by atoms with Gasteiger partial charge in [0.05, 0.1) is 30.8 Å². The number of aryl methyl sites for hydroxylation is 1. The van der Waals surface area contributed by atoms with Crippen LogP contribution in [0.1, 0.15) is 47.6 Å². The number of amides is 1. The molecule has 1 atom stereocenters. The summed E-state index contributed by atoms with van der Waals surface area (Å²) in [5, 5.41) is 3.10. The van der Waals surface area contributed by atoms with E-state index in [9.17, 15) is 4.79 Å². The molecule has 0 aliphatic rings. The molecule has 0 bridgehead atoms. The van der Waals surface area contributed by atoms with Crippen molar-refractivity contribution in [2.24, 2.45) is 0 Å². The van der Waals surface area contributed by atoms with E-state index in [1.165, 1.54) is 0 Å². The van der Waals surface area contributed by atoms with Crippen LogP contribution >= 0.6 is 0 Å². The number of benzene rings is 3. The Morgan fingerprint density at radius 2 is 1.89 bits per heavy atom. The summed E-state index contributed by atoms with van der Waals surface area (Å²) in [5.74, 6) is 2.24. The number of hydrogen-bond donors (Lipinski definition) is 1. The number of ether oxygens (including phenoxy) is 2. The van der Waals surface area contributed by atoms with Gasteiger partial charge < -0.3 is 19.4 Å². The quantitative estimate of drug-likeness (QED) is 0.195. The zero-order valence-corrected chi connectivity index (χ0v) is 20.9. The molecule has 0 saturated heterocycles. The molecule has 1 N–H and O–H groups in total. The number of hydrogen-bond acceptors (Lipinski definition) is 4. The third-order valence-electron chi connectivity index (χ3n) is 6.12. The Hall–Kier alpha value is -4.06. The van der Waals surface area contributed by atoms with E-state index < -0.39 is 0 Å². The topological polar surface area (TPSA) is 65.4 Å². The monoisotopic (exact) mass is 483 g/mol. The number of rotatable bonds is 12. The SMILES string of the molecule is C=CCc1ccccc1OCCCCn1c(C(C)NC(=O)c2cccc(OC)c2)nc2ccccc21. The number of imidazole rings is 1. The van der Waals surface area contributed by atoms with E-state index in [4.69, 9.17) is 14.5 Å². The summed E-state index contributed by atoms with van der Waals surface area (Å²) in [6.07, 6.45) is 4.51. The summed E-state index contributed by atoms with van der Waals surface area (Å²) in [4.78, 5) is 17.8. The Bertz CT molecular complexity index is 1330. The van der Waals surface area contributed by atoms with Gasteiger partial charge >= 0.3 is 0 Å². The highest BCUT2D eigenvalue weighted by Gasteiger charge is 2.19. The number of methoxy groups -OCH3 is 1. The van der Waals surface area contributed by atoms with Crippen molar-refractivity contribution in [3.63, 3.8) is 0 Å². The number of nitrogens with zero attached hydrogens (tertiary/aromatic N) is 2. The van der Waals surface area contributed by atoms with Crippen LogP contribution in [0, 0.1) is 0 Å². The summed E-state index contributed by atoms with van der Waals surface area (Å²) in [5.41, 5.74) is 3.69. The van der Waals surface area contributed by atoms with Crippen molar-refractivity contribution in [3.05, 3.63) is 102 Å². The molecular weight excluding hydrogens is 450 g/mol. The third kappa shape index (κ3) is 5.95. The van der Waals surface area contributed by atoms with E-state index in [1.54, 1.807) is 19.2 Å². The van der Waals surface area contributed by atoms with Crippen molar-refractivity contribution in [1.82, 2.24) is 14.9 Å². The first kappa shape index (κ1) is 25.0. The summed E-state index contributed by atoms with van der Waals surface area (Å²) in [6.45, 7) is 7.22. The fourth-order valence-electron chi connectivity index (χ4n) is 4.29. The van der Waals surface area contributed by atoms with E-state index >= 15 is 0 Å². The molecule has 6 heteroatoms. The number of fused-ring (bicyclic) bond motifs is 1. The van der Waals surface area contributed by atoms with Crippen molar-refractivity contribution in [2.75, 3.05) is 13.7 Å². The largest absolute Gasteiger partial charge is 0.497 e. The molecule has 3 aromatic carbocycles. The first-order valence-corrected chi connectivity index (χ1v) is 12.3. The Labute approximate surface area is 212 Å². The predicted molar refractivity (Wildman–Crippen MR) is 144 cm³/mol. The lowest BCUT2D eigenvalue weighted by Crippen LogP contribution is -2.28. The lowest BCUT2D eigenvalue weighted by Gasteiger charge is -2.17. The van der Waals surface area contributed by atoms with Crippen LogP contribution in [0.5, 0.6) is 11.5 Å². The molecule has 36 heavy (non-hydrogen) atoms. The fourth-order valence-corrected chi connectivity index (χ4v) is 4.29. The molecule has 0 radical (unpaired) electrons. The van der Waals surface area contributed by atoms with Crippen molar-refractivity contribution >= 4 is 16.9 Å². The van der Waals surface area contributed by atoms with Crippen LogP contribution in [0.3, 0.4) is 0 Å². The molecular formula is C30H33N3O3.